The fourth-order valence-electron chi connectivity index (χ4n) is 0.0915. The highest BCUT2D eigenvalue weighted by Crippen LogP contribution is 1.73. The summed E-state index contributed by atoms with van der Waals surface area (Å²) in [6.07, 6.45) is -1.30. The first-order valence-electron chi connectivity index (χ1n) is 1.43. The van der Waals surface area contributed by atoms with Crippen molar-refractivity contribution in [1.82, 2.24) is 5.43 Å². The van der Waals surface area contributed by atoms with Gasteiger partial charge in [0.1, 0.15) is 0 Å². The number of amides is 1. The molecule has 0 spiro atoms. The number of carbonyl (C=O) groups excluding carboxylic acids is 1. The molecule has 7 heteroatoms. The zero-order chi connectivity index (χ0) is 6.41. The van der Waals surface area contributed by atoms with Crippen LogP contribution in [0.15, 0.2) is 10.6 Å². The molecule has 0 aliphatic heterocycles. The average Bonchev–Trinajstić information content (AvgIpc) is 1.68. The lowest BCUT2D eigenvalue weighted by molar-refractivity contribution is 0.149. The second-order valence-electron chi connectivity index (χ2n) is 0.656. The van der Waals surface area contributed by atoms with Gasteiger partial charge in [-0.3, -0.25) is 4.84 Å². The van der Waals surface area contributed by atoms with E-state index in [9.17, 15) is 4.79 Å². The number of nitrogens with zero attached hydrogens (tertiary/aromatic N) is 2. The molecule has 0 aliphatic carbocycles. The van der Waals surface area contributed by atoms with Gasteiger partial charge in [0.2, 0.25) is 0 Å². The van der Waals surface area contributed by atoms with E-state index in [0.717, 1.165) is 0 Å². The third kappa shape index (κ3) is 2.69. The van der Waals surface area contributed by atoms with Gasteiger partial charge in [-0.05, 0) is 0 Å². The molecule has 7 nitrogen and oxygen atoms in total. The molecule has 1 amide bonds. The number of nitroso groups, excluding NO2 is 1. The molecule has 0 aromatic carbocycles. The molecule has 0 radical (unpaired) electrons. The molecule has 44 valence electrons. The van der Waals surface area contributed by atoms with Gasteiger partial charge < -0.3 is 0 Å². The van der Waals surface area contributed by atoms with E-state index in [2.05, 4.69) is 4.84 Å². The van der Waals surface area contributed by atoms with Crippen LogP contribution in [-0.2, 0) is 4.84 Å². The average molecular weight is 119 g/mol. The molecule has 0 heterocycles. The fraction of sp³-hybridized carbons (Fsp3) is 0. The van der Waals surface area contributed by atoms with E-state index in [1.54, 1.807) is 5.34 Å². The van der Waals surface area contributed by atoms with Gasteiger partial charge in [-0.1, -0.05) is 0 Å². The van der Waals surface area contributed by atoms with Crippen molar-refractivity contribution in [3.05, 3.63) is 9.81 Å². The molecule has 0 bridgehead atoms. The zero-order valence-electron chi connectivity index (χ0n) is 3.53. The summed E-state index contributed by atoms with van der Waals surface area (Å²) in [5.74, 6) is 0. The Balaban J connectivity index is 3.32. The van der Waals surface area contributed by atoms with Crippen molar-refractivity contribution in [2.75, 3.05) is 0 Å². The molecular weight excluding hydrogens is 118 g/mol. The fourth-order valence-corrected chi connectivity index (χ4v) is 0.0915. The first-order valence-corrected chi connectivity index (χ1v) is 1.43. The van der Waals surface area contributed by atoms with Crippen molar-refractivity contribution in [3.8, 4) is 0 Å². The summed E-state index contributed by atoms with van der Waals surface area (Å²) in [5.41, 5.74) is 1.26. The third-order valence-corrected chi connectivity index (χ3v) is 0.257. The summed E-state index contributed by atoms with van der Waals surface area (Å²) in [6, 6.07) is 0. The highest BCUT2D eigenvalue weighted by molar-refractivity contribution is 5.66. The minimum absolute atomic E-state index is 1.26. The van der Waals surface area contributed by atoms with Crippen molar-refractivity contribution in [1.29, 1.82) is 0 Å². The molecule has 0 rings (SSSR count). The SMILES string of the molecule is O=NNC(=O)ON=O. The zero-order valence-corrected chi connectivity index (χ0v) is 3.53. The van der Waals surface area contributed by atoms with Gasteiger partial charge in [0.15, 0.2) is 5.34 Å². The van der Waals surface area contributed by atoms with Gasteiger partial charge in [-0.15, -0.1) is 9.81 Å². The highest BCUT2D eigenvalue weighted by atomic mass is 16.8. The molecular formula is CHN3O4. The topological polar surface area (TPSA) is 97.2 Å². The Hall–Kier alpha value is -1.53. The predicted molar refractivity (Wildman–Crippen MR) is 21.2 cm³/mol. The summed E-state index contributed by atoms with van der Waals surface area (Å²) < 4.78 is 0. The van der Waals surface area contributed by atoms with E-state index in [4.69, 9.17) is 9.81 Å². The maximum absolute atomic E-state index is 9.72. The first-order chi connectivity index (χ1) is 3.81. The Labute approximate surface area is 42.9 Å². The summed E-state index contributed by atoms with van der Waals surface area (Å²) in [5, 5.41) is 3.57. The van der Waals surface area contributed by atoms with Crippen molar-refractivity contribution in [2.45, 2.75) is 0 Å². The maximum atomic E-state index is 9.72. The van der Waals surface area contributed by atoms with E-state index in [1.165, 1.54) is 5.43 Å². The monoisotopic (exact) mass is 119 g/mol. The van der Waals surface area contributed by atoms with E-state index in [-0.39, 0.29) is 0 Å². The standard InChI is InChI=1S/CHN3O4/c5-1(2-3-6)8-4-7/h(H,2,5,6). The second-order valence-corrected chi connectivity index (χ2v) is 0.656. The van der Waals surface area contributed by atoms with Crippen LogP contribution in [0.3, 0.4) is 0 Å². The number of hydrogen-bond donors (Lipinski definition) is 1. The quantitative estimate of drug-likeness (QED) is 0.411. The van der Waals surface area contributed by atoms with E-state index >= 15 is 0 Å². The van der Waals surface area contributed by atoms with E-state index < -0.39 is 6.09 Å². The van der Waals surface area contributed by atoms with Crippen LogP contribution in [0.2, 0.25) is 0 Å². The maximum Gasteiger partial charge on any atom is 0.458 e. The molecule has 0 aromatic heterocycles. The molecule has 0 aliphatic rings. The summed E-state index contributed by atoms with van der Waals surface area (Å²) >= 11 is 0. The lowest BCUT2D eigenvalue weighted by atomic mass is 11.3. The normalized spacial score (nSPS) is 7.00. The van der Waals surface area contributed by atoms with E-state index in [0.29, 0.717) is 0 Å². The van der Waals surface area contributed by atoms with E-state index in [1.807, 2.05) is 5.29 Å². The lowest BCUT2D eigenvalue weighted by Gasteiger charge is -1.83. The van der Waals surface area contributed by atoms with Crippen molar-refractivity contribution >= 4 is 6.09 Å². The van der Waals surface area contributed by atoms with Crippen LogP contribution >= 0.6 is 0 Å². The summed E-state index contributed by atoms with van der Waals surface area (Å²) in [6.45, 7) is 0. The smallest absolute Gasteiger partial charge is 0.261 e. The number of nitrogens with one attached hydrogen (secondary N) is 1. The largest absolute Gasteiger partial charge is 0.458 e. The predicted octanol–water partition coefficient (Wildman–Crippen LogP) is 0.0754. The number of rotatable bonds is 2. The second kappa shape index (κ2) is 3.65. The van der Waals surface area contributed by atoms with Crippen molar-refractivity contribution < 1.29 is 9.63 Å². The third-order valence-electron chi connectivity index (χ3n) is 0.257. The molecule has 0 fully saturated rings. The first kappa shape index (κ1) is 6.47. The van der Waals surface area contributed by atoms with Crippen molar-refractivity contribution in [3.63, 3.8) is 0 Å². The Morgan fingerprint density at radius 2 is 2.12 bits per heavy atom. The molecule has 0 unspecified atom stereocenters. The molecule has 8 heavy (non-hydrogen) atoms. The van der Waals surface area contributed by atoms with Crippen LogP contribution < -0.4 is 5.43 Å². The molecule has 0 saturated carbocycles. The minimum Gasteiger partial charge on any atom is -0.261 e. The van der Waals surface area contributed by atoms with Gasteiger partial charge in [0, 0.05) is 0 Å². The minimum atomic E-state index is -1.30. The summed E-state index contributed by atoms with van der Waals surface area (Å²) in [4.78, 5) is 31.1. The molecule has 1 N–H and O–H groups in total. The summed E-state index contributed by atoms with van der Waals surface area (Å²) in [7, 11) is 0. The van der Waals surface area contributed by atoms with Crippen LogP contribution in [0.25, 0.3) is 0 Å². The molecule has 0 aromatic rings. The molecule has 0 saturated heterocycles. The van der Waals surface area contributed by atoms with Crippen LogP contribution in [-0.4, -0.2) is 6.09 Å². The Morgan fingerprint density at radius 3 is 2.50 bits per heavy atom. The van der Waals surface area contributed by atoms with Gasteiger partial charge >= 0.3 is 6.09 Å². The van der Waals surface area contributed by atoms with Crippen LogP contribution in [0.5, 0.6) is 0 Å². The van der Waals surface area contributed by atoms with Crippen LogP contribution in [0.4, 0.5) is 4.79 Å². The van der Waals surface area contributed by atoms with Crippen molar-refractivity contribution in [2.24, 2.45) is 10.6 Å². The lowest BCUT2D eigenvalue weighted by Crippen LogP contribution is -2.14. The highest BCUT2D eigenvalue weighted by Gasteiger charge is 1.97. The molecule has 0 atom stereocenters. The Kier molecular flexibility index (Phi) is 2.95. The van der Waals surface area contributed by atoms with Gasteiger partial charge in [0.25, 0.3) is 0 Å². The van der Waals surface area contributed by atoms with Gasteiger partial charge in [-0.2, -0.15) is 5.43 Å². The van der Waals surface area contributed by atoms with Gasteiger partial charge in [0.05, 0.1) is 5.29 Å². The van der Waals surface area contributed by atoms with Crippen LogP contribution in [0.1, 0.15) is 0 Å². The Bertz CT molecular complexity index is 97.9. The number of carbonyl (C=O) groups is 1. The Morgan fingerprint density at radius 1 is 1.50 bits per heavy atom. The van der Waals surface area contributed by atoms with Crippen LogP contribution in [0, 0.1) is 9.81 Å². The van der Waals surface area contributed by atoms with Gasteiger partial charge in [-0.25, -0.2) is 4.79 Å². The number of hydrogen-bond acceptors (Lipinski definition) is 6.